The topological polar surface area (TPSA) is 49.8 Å². The summed E-state index contributed by atoms with van der Waals surface area (Å²) in [6.07, 6.45) is 53.6. The molecule has 67 heavy (non-hydrogen) atoms. The van der Waals surface area contributed by atoms with E-state index in [1.54, 1.807) is 11.1 Å². The van der Waals surface area contributed by atoms with Gasteiger partial charge in [0.25, 0.3) is 0 Å². The number of esters is 1. The molecule has 4 heteroatoms. The predicted octanol–water partition coefficient (Wildman–Crippen LogP) is 18.9. The zero-order valence-corrected chi connectivity index (χ0v) is 46.2. The summed E-state index contributed by atoms with van der Waals surface area (Å²) < 4.78 is 6.26. The molecule has 0 saturated heterocycles. The maximum absolute atomic E-state index is 13.2. The van der Waals surface area contributed by atoms with Gasteiger partial charge < -0.3 is 14.7 Å². The molecule has 0 bridgehead atoms. The first-order valence-corrected chi connectivity index (χ1v) is 30.5. The number of allylic oxidation sites excluding steroid dienone is 3. The van der Waals surface area contributed by atoms with Crippen LogP contribution < -0.4 is 0 Å². The van der Waals surface area contributed by atoms with Gasteiger partial charge in [-0.05, 0) is 157 Å². The van der Waals surface area contributed by atoms with Crippen LogP contribution in [0.25, 0.3) is 0 Å². The molecule has 0 heterocycles. The minimum absolute atomic E-state index is 0.0354. The van der Waals surface area contributed by atoms with E-state index in [0.29, 0.717) is 18.4 Å². The van der Waals surface area contributed by atoms with Crippen LogP contribution in [0.2, 0.25) is 0 Å². The summed E-state index contributed by atoms with van der Waals surface area (Å²) in [6.45, 7) is 20.8. The molecule has 0 aromatic heterocycles. The van der Waals surface area contributed by atoms with Crippen molar-refractivity contribution >= 4 is 5.97 Å². The van der Waals surface area contributed by atoms with Crippen molar-refractivity contribution in [1.82, 2.24) is 4.90 Å². The number of hydrogen-bond acceptors (Lipinski definition) is 4. The second kappa shape index (κ2) is 33.5. The number of carbonyl (C=O) groups excluding carboxylic acids is 1. The monoisotopic (exact) mass is 934 g/mol. The summed E-state index contributed by atoms with van der Waals surface area (Å²) in [7, 11) is 0. The lowest BCUT2D eigenvalue weighted by molar-refractivity contribution is -0.151. The first-order chi connectivity index (χ1) is 32.5. The van der Waals surface area contributed by atoms with Crippen molar-refractivity contribution in [3.63, 3.8) is 0 Å². The molecule has 6 atom stereocenters. The van der Waals surface area contributed by atoms with Crippen LogP contribution in [-0.4, -0.2) is 48.3 Å². The van der Waals surface area contributed by atoms with Crippen molar-refractivity contribution in [3.8, 4) is 0 Å². The molecule has 4 aliphatic rings. The minimum atomic E-state index is 0.0354. The molecular formula is C63H115NO3. The Bertz CT molecular complexity index is 1350. The van der Waals surface area contributed by atoms with E-state index in [9.17, 15) is 9.90 Å². The predicted molar refractivity (Wildman–Crippen MR) is 291 cm³/mol. The molecule has 4 aliphatic carbocycles. The minimum Gasteiger partial charge on any atom is -0.462 e. The average molecular weight is 935 g/mol. The largest absolute Gasteiger partial charge is 0.462 e. The van der Waals surface area contributed by atoms with Gasteiger partial charge in [0.15, 0.2) is 0 Å². The van der Waals surface area contributed by atoms with Crippen LogP contribution in [0.1, 0.15) is 299 Å². The summed E-state index contributed by atoms with van der Waals surface area (Å²) in [6, 6.07) is 0. The molecule has 3 saturated carbocycles. The van der Waals surface area contributed by atoms with Crippen LogP contribution in [-0.2, 0) is 9.53 Å². The Labute approximate surface area is 418 Å². The molecule has 4 rings (SSSR count). The third kappa shape index (κ3) is 20.5. The summed E-state index contributed by atoms with van der Waals surface area (Å²) in [4.78, 5) is 15.9. The zero-order chi connectivity index (χ0) is 48.2. The van der Waals surface area contributed by atoms with Gasteiger partial charge >= 0.3 is 5.97 Å². The smallest absolute Gasteiger partial charge is 0.306 e. The van der Waals surface area contributed by atoms with Crippen LogP contribution >= 0.6 is 0 Å². The van der Waals surface area contributed by atoms with Crippen molar-refractivity contribution in [2.45, 2.75) is 305 Å². The number of ether oxygens (including phenoxy) is 1. The lowest BCUT2D eigenvalue weighted by atomic mass is 9.47. The average Bonchev–Trinajstić information content (AvgIpc) is 3.67. The molecule has 1 N–H and O–H groups in total. The highest BCUT2D eigenvalue weighted by Crippen LogP contribution is 2.66. The Morgan fingerprint density at radius 1 is 0.642 bits per heavy atom. The van der Waals surface area contributed by atoms with E-state index in [1.165, 1.54) is 206 Å². The molecule has 0 radical (unpaired) electrons. The van der Waals surface area contributed by atoms with E-state index in [4.69, 9.17) is 4.74 Å². The van der Waals surface area contributed by atoms with E-state index in [2.05, 4.69) is 59.4 Å². The van der Waals surface area contributed by atoms with Gasteiger partial charge in [0.1, 0.15) is 6.10 Å². The third-order valence-corrected chi connectivity index (χ3v) is 18.7. The Morgan fingerprint density at radius 3 is 1.75 bits per heavy atom. The summed E-state index contributed by atoms with van der Waals surface area (Å²) in [5.41, 5.74) is 5.91. The van der Waals surface area contributed by atoms with Crippen LogP contribution in [0.4, 0.5) is 0 Å². The van der Waals surface area contributed by atoms with Gasteiger partial charge in [0.05, 0.1) is 0 Å². The van der Waals surface area contributed by atoms with Gasteiger partial charge in [-0.3, -0.25) is 4.79 Å². The Balaban J connectivity index is 1.13. The van der Waals surface area contributed by atoms with E-state index in [0.717, 1.165) is 87.6 Å². The quantitative estimate of drug-likeness (QED) is 0.0379. The molecule has 3 fully saturated rings. The normalized spacial score (nSPS) is 25.7. The fourth-order valence-corrected chi connectivity index (χ4v) is 14.5. The lowest BCUT2D eigenvalue weighted by Gasteiger charge is -2.57. The molecular weight excluding hydrogens is 819 g/mol. The standard InChI is InChI=1S/C63H115NO3/c1-8-10-12-14-16-18-20-24-35-54(36-25-21-19-17-15-13-11-9-2)37-26-22-28-47-64(49-30-31-50-65)48-29-23-27-38-61(66)67-56-43-45-62(6)55(51-56)39-40-57-59-42-41-58(53(5)34-32-33-52(3)4)63(59,7)46-44-60(57)62/h39,52,54,56-57,59-60,65H,8-38,40-51H2,1-7H3/b58-53+. The summed E-state index contributed by atoms with van der Waals surface area (Å²) in [5.74, 6) is 4.23. The van der Waals surface area contributed by atoms with Gasteiger partial charge in [0.2, 0.25) is 0 Å². The SMILES string of the molecule is CCCCCCCCCCC(CCCCCCCCCC)CCCCCN(CCCCO)CCCCCC(=O)OC1CCC2(C)C(=CCC3C2CCC2(C)/C(=C(\C)CCCC(C)C)CCC32)C1. The number of nitrogens with zero attached hydrogens (tertiary/aromatic N) is 1. The van der Waals surface area contributed by atoms with E-state index in [-0.39, 0.29) is 17.5 Å². The number of hydrogen-bond donors (Lipinski definition) is 1. The first kappa shape index (κ1) is 58.4. The number of rotatable bonds is 39. The highest BCUT2D eigenvalue weighted by Gasteiger charge is 2.57. The van der Waals surface area contributed by atoms with Crippen LogP contribution in [0, 0.1) is 40.4 Å². The second-order valence-electron chi connectivity index (χ2n) is 24.5. The number of carbonyl (C=O) groups is 1. The fraction of sp³-hybridized carbons (Fsp3) is 0.921. The maximum atomic E-state index is 13.2. The van der Waals surface area contributed by atoms with Crippen LogP contribution in [0.15, 0.2) is 22.8 Å². The number of aliphatic hydroxyl groups excluding tert-OH is 1. The van der Waals surface area contributed by atoms with Crippen molar-refractivity contribution in [3.05, 3.63) is 22.8 Å². The lowest BCUT2D eigenvalue weighted by Crippen LogP contribution is -2.49. The highest BCUT2D eigenvalue weighted by molar-refractivity contribution is 5.69. The second-order valence-corrected chi connectivity index (χ2v) is 24.5. The van der Waals surface area contributed by atoms with Crippen molar-refractivity contribution < 1.29 is 14.6 Å². The Hall–Kier alpha value is -1.13. The molecule has 0 spiro atoms. The maximum Gasteiger partial charge on any atom is 0.306 e. The van der Waals surface area contributed by atoms with Crippen molar-refractivity contribution in [2.24, 2.45) is 40.4 Å². The molecule has 4 nitrogen and oxygen atoms in total. The molecule has 0 aromatic carbocycles. The number of fused-ring (bicyclic) bond motifs is 5. The molecule has 390 valence electrons. The summed E-state index contributed by atoms with van der Waals surface area (Å²) >= 11 is 0. The van der Waals surface area contributed by atoms with Crippen LogP contribution in [0.3, 0.4) is 0 Å². The fourth-order valence-electron chi connectivity index (χ4n) is 14.5. The van der Waals surface area contributed by atoms with Crippen LogP contribution in [0.5, 0.6) is 0 Å². The number of aliphatic hydroxyl groups is 1. The van der Waals surface area contributed by atoms with Gasteiger partial charge in [0, 0.05) is 19.4 Å². The van der Waals surface area contributed by atoms with E-state index >= 15 is 0 Å². The Morgan fingerprint density at radius 2 is 1.16 bits per heavy atom. The van der Waals surface area contributed by atoms with Gasteiger partial charge in [-0.25, -0.2) is 0 Å². The molecule has 0 amide bonds. The van der Waals surface area contributed by atoms with Gasteiger partial charge in [-0.15, -0.1) is 0 Å². The highest BCUT2D eigenvalue weighted by atomic mass is 16.5. The molecule has 0 aromatic rings. The zero-order valence-electron chi connectivity index (χ0n) is 46.2. The first-order valence-electron chi connectivity index (χ1n) is 30.5. The van der Waals surface area contributed by atoms with Gasteiger partial charge in [-0.2, -0.15) is 0 Å². The van der Waals surface area contributed by atoms with Crippen molar-refractivity contribution in [2.75, 3.05) is 26.2 Å². The van der Waals surface area contributed by atoms with Gasteiger partial charge in [-0.1, -0.05) is 212 Å². The molecule has 0 aliphatic heterocycles. The molecule has 6 unspecified atom stereocenters. The summed E-state index contributed by atoms with van der Waals surface area (Å²) in [5, 5.41) is 9.50. The Kier molecular flexibility index (Phi) is 29.2. The van der Waals surface area contributed by atoms with Crippen molar-refractivity contribution in [1.29, 1.82) is 0 Å². The number of unbranched alkanes of at least 4 members (excludes halogenated alkanes) is 19. The third-order valence-electron chi connectivity index (χ3n) is 18.7. The van der Waals surface area contributed by atoms with E-state index in [1.807, 2.05) is 5.57 Å². The van der Waals surface area contributed by atoms with E-state index < -0.39 is 0 Å².